The maximum Gasteiger partial charge on any atom is 0.358 e. The monoisotopic (exact) mass is 326 g/mol. The van der Waals surface area contributed by atoms with Crippen molar-refractivity contribution in [3.8, 4) is 10.4 Å². The highest BCUT2D eigenvalue weighted by molar-refractivity contribution is 9.10. The van der Waals surface area contributed by atoms with E-state index in [1.54, 1.807) is 0 Å². The zero-order valence-corrected chi connectivity index (χ0v) is 12.3. The minimum absolute atomic E-state index is 0.260. The van der Waals surface area contributed by atoms with Crippen molar-refractivity contribution < 1.29 is 9.53 Å². The van der Waals surface area contributed by atoms with E-state index in [0.717, 1.165) is 20.5 Å². The fraction of sp³-hybridized carbons (Fsp3) is 0.167. The van der Waals surface area contributed by atoms with Crippen molar-refractivity contribution in [2.24, 2.45) is 0 Å². The molecular formula is C12H11BrN2O2S. The van der Waals surface area contributed by atoms with Gasteiger partial charge >= 0.3 is 5.97 Å². The molecule has 1 heterocycles. The van der Waals surface area contributed by atoms with E-state index in [0.29, 0.717) is 5.13 Å². The number of carbonyl (C=O) groups excluding carboxylic acids is 1. The molecule has 6 heteroatoms. The van der Waals surface area contributed by atoms with Crippen LogP contribution < -0.4 is 5.73 Å². The lowest BCUT2D eigenvalue weighted by atomic mass is 10.1. The lowest BCUT2D eigenvalue weighted by Gasteiger charge is -2.03. The summed E-state index contributed by atoms with van der Waals surface area (Å²) in [6, 6.07) is 5.84. The standard InChI is InChI=1S/C12H11BrN2O2S/c1-6-3-4-7(5-8(6)13)10-9(11(16)17-2)15-12(14)18-10/h3-5H,1-2H3,(H2,14,15). The van der Waals surface area contributed by atoms with Crippen LogP contribution in [0, 0.1) is 6.92 Å². The Morgan fingerprint density at radius 1 is 1.50 bits per heavy atom. The summed E-state index contributed by atoms with van der Waals surface area (Å²) in [6.07, 6.45) is 0. The Hall–Kier alpha value is -1.40. The molecule has 1 aromatic heterocycles. The average Bonchev–Trinajstić information content (AvgIpc) is 2.74. The molecule has 0 saturated heterocycles. The van der Waals surface area contributed by atoms with E-state index >= 15 is 0 Å². The lowest BCUT2D eigenvalue weighted by Crippen LogP contribution is -2.03. The van der Waals surface area contributed by atoms with Crippen LogP contribution in [0.5, 0.6) is 0 Å². The van der Waals surface area contributed by atoms with Gasteiger partial charge in [-0.3, -0.25) is 0 Å². The van der Waals surface area contributed by atoms with Gasteiger partial charge < -0.3 is 10.5 Å². The summed E-state index contributed by atoms with van der Waals surface area (Å²) in [5.41, 5.74) is 7.94. The second-order valence-corrected chi connectivity index (χ2v) is 5.57. The number of hydrogen-bond donors (Lipinski definition) is 1. The molecule has 2 rings (SSSR count). The molecule has 0 amide bonds. The second kappa shape index (κ2) is 5.07. The molecule has 1 aromatic carbocycles. The fourth-order valence-corrected chi connectivity index (χ4v) is 2.70. The predicted octanol–water partition coefficient (Wildman–Crippen LogP) is 3.25. The number of nitrogen functional groups attached to an aromatic ring is 1. The Balaban J connectivity index is 2.56. The van der Waals surface area contributed by atoms with Crippen molar-refractivity contribution in [2.45, 2.75) is 6.92 Å². The minimum Gasteiger partial charge on any atom is -0.464 e. The molecule has 4 nitrogen and oxygen atoms in total. The Morgan fingerprint density at radius 3 is 2.83 bits per heavy atom. The lowest BCUT2D eigenvalue weighted by molar-refractivity contribution is 0.0596. The van der Waals surface area contributed by atoms with Gasteiger partial charge in [0, 0.05) is 4.47 Å². The molecule has 0 fully saturated rings. The highest BCUT2D eigenvalue weighted by Crippen LogP contribution is 2.34. The molecule has 2 aromatic rings. The number of thiazole rings is 1. The van der Waals surface area contributed by atoms with Crippen molar-refractivity contribution in [1.29, 1.82) is 0 Å². The quantitative estimate of drug-likeness (QED) is 0.860. The van der Waals surface area contributed by atoms with Crippen LogP contribution in [-0.2, 0) is 4.74 Å². The molecule has 94 valence electrons. The molecule has 0 saturated carbocycles. The molecule has 0 unspecified atom stereocenters. The van der Waals surface area contributed by atoms with Crippen molar-refractivity contribution in [3.05, 3.63) is 33.9 Å². The first-order chi connectivity index (χ1) is 8.52. The summed E-state index contributed by atoms with van der Waals surface area (Å²) in [7, 11) is 1.33. The number of nitrogens with zero attached hydrogens (tertiary/aromatic N) is 1. The summed E-state index contributed by atoms with van der Waals surface area (Å²) in [5.74, 6) is -0.477. The van der Waals surface area contributed by atoms with Gasteiger partial charge in [-0.05, 0) is 24.1 Å². The molecule has 18 heavy (non-hydrogen) atoms. The fourth-order valence-electron chi connectivity index (χ4n) is 1.50. The number of ether oxygens (including phenoxy) is 1. The van der Waals surface area contributed by atoms with Crippen LogP contribution in [0.4, 0.5) is 5.13 Å². The molecule has 0 atom stereocenters. The van der Waals surface area contributed by atoms with E-state index in [9.17, 15) is 4.79 Å². The number of anilines is 1. The zero-order valence-electron chi connectivity index (χ0n) is 9.86. The smallest absolute Gasteiger partial charge is 0.358 e. The maximum absolute atomic E-state index is 11.6. The number of methoxy groups -OCH3 is 1. The zero-order chi connectivity index (χ0) is 13.3. The first kappa shape index (κ1) is 13.0. The Morgan fingerprint density at radius 2 is 2.22 bits per heavy atom. The van der Waals surface area contributed by atoms with Gasteiger partial charge in [-0.1, -0.05) is 39.4 Å². The van der Waals surface area contributed by atoms with Gasteiger partial charge in [0.15, 0.2) is 10.8 Å². The first-order valence-electron chi connectivity index (χ1n) is 5.14. The van der Waals surface area contributed by atoms with E-state index < -0.39 is 5.97 Å². The van der Waals surface area contributed by atoms with Crippen LogP contribution in [0.2, 0.25) is 0 Å². The van der Waals surface area contributed by atoms with Gasteiger partial charge in [0.2, 0.25) is 0 Å². The molecule has 2 N–H and O–H groups in total. The van der Waals surface area contributed by atoms with Crippen LogP contribution in [-0.4, -0.2) is 18.1 Å². The number of esters is 1. The number of benzene rings is 1. The van der Waals surface area contributed by atoms with Crippen molar-refractivity contribution in [1.82, 2.24) is 4.98 Å². The van der Waals surface area contributed by atoms with E-state index in [4.69, 9.17) is 10.5 Å². The summed E-state index contributed by atoms with van der Waals surface area (Å²) in [4.78, 5) is 16.4. The maximum atomic E-state index is 11.6. The third-order valence-electron chi connectivity index (χ3n) is 2.46. The summed E-state index contributed by atoms with van der Waals surface area (Å²) in [6.45, 7) is 2.00. The van der Waals surface area contributed by atoms with Crippen molar-refractivity contribution in [2.75, 3.05) is 12.8 Å². The Kier molecular flexibility index (Phi) is 3.68. The molecule has 0 aliphatic carbocycles. The van der Waals surface area contributed by atoms with Crippen LogP contribution in [0.15, 0.2) is 22.7 Å². The topological polar surface area (TPSA) is 65.2 Å². The van der Waals surface area contributed by atoms with Crippen molar-refractivity contribution >= 4 is 38.4 Å². The minimum atomic E-state index is -0.477. The molecule has 0 aliphatic rings. The number of halogens is 1. The predicted molar refractivity (Wildman–Crippen MR) is 75.7 cm³/mol. The average molecular weight is 327 g/mol. The normalized spacial score (nSPS) is 10.4. The van der Waals surface area contributed by atoms with E-state index in [2.05, 4.69) is 20.9 Å². The summed E-state index contributed by atoms with van der Waals surface area (Å²) < 4.78 is 5.68. The molecular weight excluding hydrogens is 316 g/mol. The Labute approximate surface area is 117 Å². The molecule has 0 spiro atoms. The third-order valence-corrected chi connectivity index (χ3v) is 4.24. The van der Waals surface area contributed by atoms with Crippen molar-refractivity contribution in [3.63, 3.8) is 0 Å². The van der Waals surface area contributed by atoms with Gasteiger partial charge in [-0.15, -0.1) is 0 Å². The summed E-state index contributed by atoms with van der Waals surface area (Å²) >= 11 is 4.74. The van der Waals surface area contributed by atoms with Crippen LogP contribution in [0.1, 0.15) is 16.1 Å². The molecule has 0 radical (unpaired) electrons. The number of hydrogen-bond acceptors (Lipinski definition) is 5. The van der Waals surface area contributed by atoms with Crippen LogP contribution >= 0.6 is 27.3 Å². The molecule has 0 aliphatic heterocycles. The molecule has 0 bridgehead atoms. The highest BCUT2D eigenvalue weighted by atomic mass is 79.9. The first-order valence-corrected chi connectivity index (χ1v) is 6.75. The highest BCUT2D eigenvalue weighted by Gasteiger charge is 2.19. The van der Waals surface area contributed by atoms with Gasteiger partial charge in [0.05, 0.1) is 12.0 Å². The summed E-state index contributed by atoms with van der Waals surface area (Å²) in [5, 5.41) is 0.349. The number of nitrogens with two attached hydrogens (primary N) is 1. The largest absolute Gasteiger partial charge is 0.464 e. The number of aryl methyl sites for hydroxylation is 1. The van der Waals surface area contributed by atoms with Gasteiger partial charge in [-0.2, -0.15) is 0 Å². The number of aromatic nitrogens is 1. The van der Waals surface area contributed by atoms with E-state index in [1.807, 2.05) is 25.1 Å². The number of rotatable bonds is 2. The van der Waals surface area contributed by atoms with E-state index in [-0.39, 0.29) is 5.69 Å². The van der Waals surface area contributed by atoms with Gasteiger partial charge in [0.25, 0.3) is 0 Å². The van der Waals surface area contributed by atoms with E-state index in [1.165, 1.54) is 18.4 Å². The van der Waals surface area contributed by atoms with Gasteiger partial charge in [-0.25, -0.2) is 9.78 Å². The van der Waals surface area contributed by atoms with Crippen LogP contribution in [0.3, 0.4) is 0 Å². The third kappa shape index (κ3) is 2.39. The number of carbonyl (C=O) groups is 1. The Bertz CT molecular complexity index is 610. The SMILES string of the molecule is COC(=O)c1nc(N)sc1-c1ccc(C)c(Br)c1. The van der Waals surface area contributed by atoms with Crippen LogP contribution in [0.25, 0.3) is 10.4 Å². The van der Waals surface area contributed by atoms with Gasteiger partial charge in [0.1, 0.15) is 0 Å². The second-order valence-electron chi connectivity index (χ2n) is 3.69.